The normalized spacial score (nSPS) is 15.3. The van der Waals surface area contributed by atoms with Gasteiger partial charge in [0.05, 0.1) is 16.4 Å². The van der Waals surface area contributed by atoms with Gasteiger partial charge in [0.1, 0.15) is 0 Å². The molecule has 0 bridgehead atoms. The maximum atomic E-state index is 11.3. The lowest BCUT2D eigenvalue weighted by molar-refractivity contribution is -0.386. The standard InChI is InChI=1S/C11H14N2O5S/c1-7-4-10(18-6-8-2-3-8)9(13(14)15)5-11(7)19(12,16)17/h4-5,8H,2-3,6H2,1H3,(H2,12,16,17). The number of primary sulfonamides is 1. The highest BCUT2D eigenvalue weighted by molar-refractivity contribution is 7.89. The van der Waals surface area contributed by atoms with Crippen LogP contribution in [0.1, 0.15) is 18.4 Å². The van der Waals surface area contributed by atoms with Crippen molar-refractivity contribution in [3.8, 4) is 5.75 Å². The van der Waals surface area contributed by atoms with Crippen molar-refractivity contribution in [2.24, 2.45) is 11.1 Å². The number of nitro benzene ring substituents is 1. The van der Waals surface area contributed by atoms with E-state index in [0.29, 0.717) is 18.1 Å². The van der Waals surface area contributed by atoms with Crippen LogP contribution < -0.4 is 9.88 Å². The third kappa shape index (κ3) is 3.21. The molecule has 0 saturated heterocycles. The van der Waals surface area contributed by atoms with Gasteiger partial charge in [-0.15, -0.1) is 0 Å². The van der Waals surface area contributed by atoms with Gasteiger partial charge in [-0.2, -0.15) is 0 Å². The van der Waals surface area contributed by atoms with Crippen LogP contribution >= 0.6 is 0 Å². The van der Waals surface area contributed by atoms with Crippen molar-refractivity contribution in [1.82, 2.24) is 0 Å². The molecule has 1 aromatic rings. The van der Waals surface area contributed by atoms with E-state index in [4.69, 9.17) is 9.88 Å². The maximum absolute atomic E-state index is 11.3. The minimum Gasteiger partial charge on any atom is -0.487 e. The predicted octanol–water partition coefficient (Wildman–Crippen LogP) is 1.34. The summed E-state index contributed by atoms with van der Waals surface area (Å²) in [5.41, 5.74) is -0.0471. The first-order valence-electron chi connectivity index (χ1n) is 5.73. The molecule has 0 unspecified atom stereocenters. The highest BCUT2D eigenvalue weighted by Gasteiger charge is 2.26. The minimum absolute atomic E-state index is 0.0850. The molecule has 1 aliphatic carbocycles. The Balaban J connectivity index is 2.42. The third-order valence-electron chi connectivity index (χ3n) is 2.93. The van der Waals surface area contributed by atoms with E-state index in [1.807, 2.05) is 0 Å². The van der Waals surface area contributed by atoms with E-state index in [1.54, 1.807) is 0 Å². The predicted molar refractivity (Wildman–Crippen MR) is 67.4 cm³/mol. The molecular formula is C11H14N2O5S. The SMILES string of the molecule is Cc1cc(OCC2CC2)c([N+](=O)[O-])cc1S(N)(=O)=O. The molecule has 0 spiro atoms. The van der Waals surface area contributed by atoms with Gasteiger partial charge in [-0.25, -0.2) is 13.6 Å². The number of nitrogens with zero attached hydrogens (tertiary/aromatic N) is 1. The van der Waals surface area contributed by atoms with Gasteiger partial charge in [0.2, 0.25) is 10.0 Å². The lowest BCUT2D eigenvalue weighted by atomic mass is 10.2. The summed E-state index contributed by atoms with van der Waals surface area (Å²) in [5, 5.41) is 16.0. The van der Waals surface area contributed by atoms with Gasteiger partial charge in [0, 0.05) is 6.07 Å². The molecule has 0 heterocycles. The zero-order valence-corrected chi connectivity index (χ0v) is 11.1. The Morgan fingerprint density at radius 2 is 2.11 bits per heavy atom. The number of benzene rings is 1. The highest BCUT2D eigenvalue weighted by atomic mass is 32.2. The number of rotatable bonds is 5. The Kier molecular flexibility index (Phi) is 3.46. The lowest BCUT2D eigenvalue weighted by Crippen LogP contribution is -2.14. The van der Waals surface area contributed by atoms with Crippen LogP contribution in [-0.4, -0.2) is 19.9 Å². The van der Waals surface area contributed by atoms with Crippen LogP contribution in [0.15, 0.2) is 17.0 Å². The molecule has 104 valence electrons. The zero-order valence-electron chi connectivity index (χ0n) is 10.3. The quantitative estimate of drug-likeness (QED) is 0.648. The summed E-state index contributed by atoms with van der Waals surface area (Å²) in [5.74, 6) is 0.527. The summed E-state index contributed by atoms with van der Waals surface area (Å²) in [6.45, 7) is 1.93. The first-order valence-corrected chi connectivity index (χ1v) is 7.28. The monoisotopic (exact) mass is 286 g/mol. The Morgan fingerprint density at radius 1 is 1.47 bits per heavy atom. The molecule has 0 radical (unpaired) electrons. The first kappa shape index (κ1) is 13.8. The van der Waals surface area contributed by atoms with Crippen molar-refractivity contribution in [2.75, 3.05) is 6.61 Å². The second-order valence-electron chi connectivity index (χ2n) is 4.64. The summed E-state index contributed by atoms with van der Waals surface area (Å²) >= 11 is 0. The topological polar surface area (TPSA) is 113 Å². The fraction of sp³-hybridized carbons (Fsp3) is 0.455. The minimum atomic E-state index is -3.99. The van der Waals surface area contributed by atoms with Crippen molar-refractivity contribution in [3.05, 3.63) is 27.8 Å². The van der Waals surface area contributed by atoms with Gasteiger partial charge in [-0.3, -0.25) is 10.1 Å². The summed E-state index contributed by atoms with van der Waals surface area (Å²) in [6.07, 6.45) is 2.12. The molecule has 1 aliphatic rings. The lowest BCUT2D eigenvalue weighted by Gasteiger charge is -2.09. The number of hydrogen-bond donors (Lipinski definition) is 1. The zero-order chi connectivity index (χ0) is 14.2. The molecule has 19 heavy (non-hydrogen) atoms. The molecule has 0 aromatic heterocycles. The first-order chi connectivity index (χ1) is 8.79. The van der Waals surface area contributed by atoms with Crippen LogP contribution in [0.25, 0.3) is 0 Å². The van der Waals surface area contributed by atoms with Gasteiger partial charge < -0.3 is 4.74 Å². The van der Waals surface area contributed by atoms with Crippen LogP contribution in [0.4, 0.5) is 5.69 Å². The molecule has 0 atom stereocenters. The Morgan fingerprint density at radius 3 is 2.58 bits per heavy atom. The number of aryl methyl sites for hydroxylation is 1. The van der Waals surface area contributed by atoms with Crippen molar-refractivity contribution in [1.29, 1.82) is 0 Å². The van der Waals surface area contributed by atoms with Crippen molar-refractivity contribution < 1.29 is 18.1 Å². The largest absolute Gasteiger partial charge is 0.487 e. The van der Waals surface area contributed by atoms with E-state index in [-0.39, 0.29) is 16.3 Å². The number of sulfonamides is 1. The molecule has 0 amide bonds. The van der Waals surface area contributed by atoms with Gasteiger partial charge in [-0.1, -0.05) is 0 Å². The average Bonchev–Trinajstić information content (AvgIpc) is 3.07. The molecule has 7 nitrogen and oxygen atoms in total. The van der Waals surface area contributed by atoms with E-state index < -0.39 is 14.9 Å². The molecular weight excluding hydrogens is 272 g/mol. The third-order valence-corrected chi connectivity index (χ3v) is 3.98. The van der Waals surface area contributed by atoms with Gasteiger partial charge in [0.25, 0.3) is 0 Å². The van der Waals surface area contributed by atoms with Crippen LogP contribution in [0.3, 0.4) is 0 Å². The molecule has 1 aromatic carbocycles. The summed E-state index contributed by atoms with van der Waals surface area (Å²) in [7, 11) is -3.99. The van der Waals surface area contributed by atoms with Crippen molar-refractivity contribution >= 4 is 15.7 Å². The van der Waals surface area contributed by atoms with Crippen LogP contribution in [-0.2, 0) is 10.0 Å². The molecule has 1 fully saturated rings. The van der Waals surface area contributed by atoms with Crippen LogP contribution in [0.2, 0.25) is 0 Å². The fourth-order valence-corrected chi connectivity index (χ4v) is 2.49. The van der Waals surface area contributed by atoms with Crippen LogP contribution in [0.5, 0.6) is 5.75 Å². The second kappa shape index (κ2) is 4.78. The van der Waals surface area contributed by atoms with E-state index in [1.165, 1.54) is 13.0 Å². The summed E-state index contributed by atoms with van der Waals surface area (Å²) < 4.78 is 28.1. The van der Waals surface area contributed by atoms with Gasteiger partial charge in [-0.05, 0) is 37.3 Å². The van der Waals surface area contributed by atoms with Crippen LogP contribution in [0, 0.1) is 23.0 Å². The smallest absolute Gasteiger partial charge is 0.312 e. The summed E-state index contributed by atoms with van der Waals surface area (Å²) in [4.78, 5) is 10.0. The van der Waals surface area contributed by atoms with Gasteiger partial charge >= 0.3 is 5.69 Å². The van der Waals surface area contributed by atoms with E-state index in [2.05, 4.69) is 0 Å². The molecule has 2 N–H and O–H groups in total. The van der Waals surface area contributed by atoms with Crippen molar-refractivity contribution in [3.63, 3.8) is 0 Å². The van der Waals surface area contributed by atoms with E-state index in [0.717, 1.165) is 18.9 Å². The Labute approximate surface area is 110 Å². The number of nitro groups is 1. The fourth-order valence-electron chi connectivity index (χ4n) is 1.71. The van der Waals surface area contributed by atoms with Crippen molar-refractivity contribution in [2.45, 2.75) is 24.7 Å². The highest BCUT2D eigenvalue weighted by Crippen LogP contribution is 2.35. The Hall–Kier alpha value is -1.67. The number of ether oxygens (including phenoxy) is 1. The molecule has 8 heteroatoms. The van der Waals surface area contributed by atoms with E-state index in [9.17, 15) is 18.5 Å². The van der Waals surface area contributed by atoms with E-state index >= 15 is 0 Å². The number of nitrogens with two attached hydrogens (primary N) is 1. The molecule has 2 rings (SSSR count). The molecule has 1 saturated carbocycles. The van der Waals surface area contributed by atoms with Gasteiger partial charge in [0.15, 0.2) is 5.75 Å². The maximum Gasteiger partial charge on any atom is 0.312 e. The second-order valence-corrected chi connectivity index (χ2v) is 6.17. The average molecular weight is 286 g/mol. The number of hydrogen-bond acceptors (Lipinski definition) is 5. The molecule has 0 aliphatic heterocycles. The summed E-state index contributed by atoms with van der Waals surface area (Å²) in [6, 6.07) is 2.30. The Bertz CT molecular complexity index is 622.